The third-order valence-electron chi connectivity index (χ3n) is 6.16. The highest BCUT2D eigenvalue weighted by Gasteiger charge is 2.58. The first kappa shape index (κ1) is 21.4. The van der Waals surface area contributed by atoms with Crippen LogP contribution in [0.25, 0.3) is 0 Å². The van der Waals surface area contributed by atoms with Crippen molar-refractivity contribution >= 4 is 28.9 Å². The maximum atomic E-state index is 13.7. The number of fused-ring (bicyclic) bond motifs is 4. The average molecular weight is 440 g/mol. The van der Waals surface area contributed by atoms with E-state index in [2.05, 4.69) is 16.7 Å². The van der Waals surface area contributed by atoms with Crippen molar-refractivity contribution in [3.63, 3.8) is 0 Å². The van der Waals surface area contributed by atoms with Gasteiger partial charge >= 0.3 is 0 Å². The fourth-order valence-electron chi connectivity index (χ4n) is 4.73. The van der Waals surface area contributed by atoms with Gasteiger partial charge in [0.05, 0.1) is 12.6 Å². The van der Waals surface area contributed by atoms with Crippen molar-refractivity contribution in [1.29, 1.82) is 0 Å². The number of nitrogens with zero attached hydrogens (tertiary/aromatic N) is 1. The molecule has 2 aliphatic heterocycles. The molecule has 3 atom stereocenters. The van der Waals surface area contributed by atoms with E-state index in [1.54, 1.807) is 0 Å². The van der Waals surface area contributed by atoms with E-state index in [0.717, 1.165) is 22.4 Å². The number of hydrogen-bond acceptors (Lipinski definition) is 4. The molecule has 0 radical (unpaired) electrons. The number of anilines is 1. The van der Waals surface area contributed by atoms with Crippen LogP contribution in [0.4, 0.5) is 5.69 Å². The van der Waals surface area contributed by atoms with Crippen molar-refractivity contribution in [2.24, 2.45) is 5.92 Å². The van der Waals surface area contributed by atoms with Crippen molar-refractivity contribution in [2.45, 2.75) is 46.4 Å². The van der Waals surface area contributed by atoms with E-state index in [4.69, 9.17) is 21.7 Å². The molecule has 2 aromatic carbocycles. The SMILES string of the molecule is CCOc1cccc2c1OC1(C)C(C(=O)Nc3ccc(C)cc3C)C2NC(=S)N1CC. The minimum Gasteiger partial charge on any atom is -0.490 e. The lowest BCUT2D eigenvalue weighted by Gasteiger charge is -2.56. The minimum atomic E-state index is -0.954. The number of carbonyl (C=O) groups is 1. The highest BCUT2D eigenvalue weighted by Crippen LogP contribution is 2.51. The van der Waals surface area contributed by atoms with E-state index in [-0.39, 0.29) is 11.9 Å². The largest absolute Gasteiger partial charge is 0.490 e. The molecule has 3 unspecified atom stereocenters. The van der Waals surface area contributed by atoms with E-state index in [9.17, 15) is 4.79 Å². The fraction of sp³-hybridized carbons (Fsp3) is 0.417. The molecule has 1 amide bonds. The van der Waals surface area contributed by atoms with E-state index in [1.807, 2.05) is 69.9 Å². The van der Waals surface area contributed by atoms with Crippen LogP contribution in [0.5, 0.6) is 11.5 Å². The molecule has 0 spiro atoms. The number of benzene rings is 2. The molecule has 2 aliphatic rings. The molecule has 0 aromatic heterocycles. The zero-order valence-electron chi connectivity index (χ0n) is 18.6. The van der Waals surface area contributed by atoms with Gasteiger partial charge in [-0.1, -0.05) is 29.8 Å². The number of carbonyl (C=O) groups excluding carboxylic acids is 1. The van der Waals surface area contributed by atoms with Crippen molar-refractivity contribution in [1.82, 2.24) is 10.2 Å². The summed E-state index contributed by atoms with van der Waals surface area (Å²) < 4.78 is 12.4. The Balaban J connectivity index is 1.79. The second kappa shape index (κ2) is 8.04. The van der Waals surface area contributed by atoms with Gasteiger partial charge in [-0.05, 0) is 64.5 Å². The number of thiocarbonyl (C=S) groups is 1. The molecule has 2 N–H and O–H groups in total. The van der Waals surface area contributed by atoms with E-state index < -0.39 is 11.6 Å². The zero-order valence-corrected chi connectivity index (χ0v) is 19.4. The first-order chi connectivity index (χ1) is 14.8. The number of rotatable bonds is 5. The molecule has 7 heteroatoms. The molecular weight excluding hydrogens is 410 g/mol. The summed E-state index contributed by atoms with van der Waals surface area (Å²) in [6.45, 7) is 11.1. The molecular formula is C24H29N3O3S. The van der Waals surface area contributed by atoms with Gasteiger partial charge < -0.3 is 25.0 Å². The smallest absolute Gasteiger partial charge is 0.236 e. The Morgan fingerprint density at radius 1 is 1.29 bits per heavy atom. The molecule has 4 rings (SSSR count). The second-order valence-corrected chi connectivity index (χ2v) is 8.61. The molecule has 0 aliphatic carbocycles. The third-order valence-corrected chi connectivity index (χ3v) is 6.50. The number of amides is 1. The Labute approximate surface area is 188 Å². The molecule has 2 aromatic rings. The monoisotopic (exact) mass is 439 g/mol. The lowest BCUT2D eigenvalue weighted by molar-refractivity contribution is -0.149. The van der Waals surface area contributed by atoms with Gasteiger partial charge in [-0.3, -0.25) is 4.79 Å². The first-order valence-corrected chi connectivity index (χ1v) is 11.1. The zero-order chi connectivity index (χ0) is 22.3. The lowest BCUT2D eigenvalue weighted by atomic mass is 9.78. The van der Waals surface area contributed by atoms with E-state index >= 15 is 0 Å². The van der Waals surface area contributed by atoms with Crippen LogP contribution >= 0.6 is 12.2 Å². The number of aryl methyl sites for hydroxylation is 2. The fourth-order valence-corrected chi connectivity index (χ4v) is 5.17. The van der Waals surface area contributed by atoms with E-state index in [0.29, 0.717) is 29.8 Å². The van der Waals surface area contributed by atoms with Crippen LogP contribution in [0.15, 0.2) is 36.4 Å². The quantitative estimate of drug-likeness (QED) is 0.677. The molecule has 2 bridgehead atoms. The van der Waals surface area contributed by atoms with Gasteiger partial charge in [0.1, 0.15) is 5.92 Å². The van der Waals surface area contributed by atoms with Crippen molar-refractivity contribution < 1.29 is 14.3 Å². The van der Waals surface area contributed by atoms with Crippen LogP contribution in [0, 0.1) is 19.8 Å². The Morgan fingerprint density at radius 3 is 2.74 bits per heavy atom. The van der Waals surface area contributed by atoms with Gasteiger partial charge in [0, 0.05) is 17.8 Å². The normalized spacial score (nSPS) is 24.0. The van der Waals surface area contributed by atoms with Gasteiger partial charge in [-0.2, -0.15) is 0 Å². The third kappa shape index (κ3) is 3.51. The molecule has 6 nitrogen and oxygen atoms in total. The standard InChI is InChI=1S/C24H29N3O3S/c1-6-27-23(31)26-20-16-9-8-10-18(29-7-2)21(16)30-24(27,5)19(20)22(28)25-17-12-11-14(3)13-15(17)4/h8-13,19-20H,6-7H2,1-5H3,(H,25,28)(H,26,31). The van der Waals surface area contributed by atoms with Crippen molar-refractivity contribution in [2.75, 3.05) is 18.5 Å². The summed E-state index contributed by atoms with van der Waals surface area (Å²) >= 11 is 5.64. The number of para-hydroxylation sites is 1. The molecule has 0 saturated carbocycles. The molecule has 1 fully saturated rings. The van der Waals surface area contributed by atoms with Crippen LogP contribution < -0.4 is 20.1 Å². The highest BCUT2D eigenvalue weighted by molar-refractivity contribution is 7.80. The van der Waals surface area contributed by atoms with Crippen LogP contribution in [0.1, 0.15) is 43.5 Å². The van der Waals surface area contributed by atoms with Gasteiger partial charge in [-0.25, -0.2) is 0 Å². The molecule has 2 heterocycles. The van der Waals surface area contributed by atoms with Crippen LogP contribution in [-0.2, 0) is 4.79 Å². The predicted octanol–water partition coefficient (Wildman–Crippen LogP) is 4.32. The summed E-state index contributed by atoms with van der Waals surface area (Å²) in [7, 11) is 0. The Bertz CT molecular complexity index is 1040. The lowest BCUT2D eigenvalue weighted by Crippen LogP contribution is -2.71. The number of ether oxygens (including phenoxy) is 2. The van der Waals surface area contributed by atoms with Crippen LogP contribution in [-0.4, -0.2) is 34.8 Å². The molecule has 1 saturated heterocycles. The highest BCUT2D eigenvalue weighted by atomic mass is 32.1. The van der Waals surface area contributed by atoms with Crippen molar-refractivity contribution in [3.8, 4) is 11.5 Å². The summed E-state index contributed by atoms with van der Waals surface area (Å²) in [4.78, 5) is 15.6. The number of hydrogen-bond donors (Lipinski definition) is 2. The maximum absolute atomic E-state index is 13.7. The minimum absolute atomic E-state index is 0.111. The first-order valence-electron chi connectivity index (χ1n) is 10.7. The summed E-state index contributed by atoms with van der Waals surface area (Å²) in [5.41, 5.74) is 2.90. The van der Waals surface area contributed by atoms with E-state index in [1.165, 1.54) is 0 Å². The maximum Gasteiger partial charge on any atom is 0.236 e. The predicted molar refractivity (Wildman–Crippen MR) is 126 cm³/mol. The summed E-state index contributed by atoms with van der Waals surface area (Å²) in [5, 5.41) is 7.11. The summed E-state index contributed by atoms with van der Waals surface area (Å²) in [6.07, 6.45) is 0. The molecule has 164 valence electrons. The summed E-state index contributed by atoms with van der Waals surface area (Å²) in [6, 6.07) is 11.5. The topological polar surface area (TPSA) is 62.8 Å². The number of nitrogens with one attached hydrogen (secondary N) is 2. The van der Waals surface area contributed by atoms with Gasteiger partial charge in [0.15, 0.2) is 22.3 Å². The van der Waals surface area contributed by atoms with Gasteiger partial charge in [0.2, 0.25) is 5.91 Å². The Kier molecular flexibility index (Phi) is 5.56. The molecule has 31 heavy (non-hydrogen) atoms. The van der Waals surface area contributed by atoms with Crippen LogP contribution in [0.3, 0.4) is 0 Å². The Morgan fingerprint density at radius 2 is 2.06 bits per heavy atom. The Hall–Kier alpha value is -2.80. The summed E-state index contributed by atoms with van der Waals surface area (Å²) in [5.74, 6) is 0.709. The van der Waals surface area contributed by atoms with Crippen LogP contribution in [0.2, 0.25) is 0 Å². The van der Waals surface area contributed by atoms with Crippen molar-refractivity contribution in [3.05, 3.63) is 53.1 Å². The average Bonchev–Trinajstić information content (AvgIpc) is 2.70. The van der Waals surface area contributed by atoms with Gasteiger partial charge in [-0.15, -0.1) is 0 Å². The second-order valence-electron chi connectivity index (χ2n) is 8.22. The van der Waals surface area contributed by atoms with Gasteiger partial charge in [0.25, 0.3) is 0 Å².